The van der Waals surface area contributed by atoms with E-state index in [0.29, 0.717) is 5.56 Å². The van der Waals surface area contributed by atoms with Crippen LogP contribution in [0.2, 0.25) is 0 Å². The largest absolute Gasteiger partial charge is 0.480 e. The maximum atomic E-state index is 12.2. The molecule has 6 nitrogen and oxygen atoms in total. The highest BCUT2D eigenvalue weighted by Gasteiger charge is 2.20. The quantitative estimate of drug-likeness (QED) is 0.896. The average molecular weight is 287 g/mol. The van der Waals surface area contributed by atoms with E-state index in [1.165, 1.54) is 6.92 Å². The lowest BCUT2D eigenvalue weighted by atomic mass is 10.2. The Bertz CT molecular complexity index is 677. The molecule has 6 heteroatoms. The molecule has 2 N–H and O–H groups in total. The third-order valence-electron chi connectivity index (χ3n) is 3.27. The molecule has 0 fully saturated rings. The number of aromatic nitrogens is 2. The summed E-state index contributed by atoms with van der Waals surface area (Å²) in [5, 5.41) is 11.3. The molecular weight excluding hydrogens is 270 g/mol. The molecule has 0 aromatic carbocycles. The standard InChI is InChI=1S/C15H17N3O3/c1-9-8-12(14(19)17-10(2)15(20)21)11(3)18(9)13-6-4-5-7-16-13/h4-8,10H,1-3H3,(H,17,19)(H,20,21)/t10-/m1/s1. The Labute approximate surface area is 122 Å². The van der Waals surface area contributed by atoms with Crippen LogP contribution in [0.15, 0.2) is 30.5 Å². The minimum atomic E-state index is -1.07. The lowest BCUT2D eigenvalue weighted by Gasteiger charge is -2.10. The number of carboxylic acid groups (broad SMARTS) is 1. The van der Waals surface area contributed by atoms with Gasteiger partial charge < -0.3 is 15.0 Å². The van der Waals surface area contributed by atoms with Gasteiger partial charge in [0.15, 0.2) is 0 Å². The number of aliphatic carboxylic acids is 1. The number of carboxylic acids is 1. The molecule has 0 spiro atoms. The Kier molecular flexibility index (Phi) is 4.07. The second-order valence-corrected chi connectivity index (χ2v) is 4.84. The SMILES string of the molecule is Cc1cc(C(=O)N[C@H](C)C(=O)O)c(C)n1-c1ccccn1. The molecule has 0 saturated carbocycles. The number of nitrogens with one attached hydrogen (secondary N) is 1. The van der Waals surface area contributed by atoms with Crippen LogP contribution in [-0.4, -0.2) is 32.6 Å². The van der Waals surface area contributed by atoms with E-state index in [2.05, 4.69) is 10.3 Å². The van der Waals surface area contributed by atoms with Gasteiger partial charge in [-0.1, -0.05) is 6.07 Å². The maximum absolute atomic E-state index is 12.2. The van der Waals surface area contributed by atoms with Crippen LogP contribution >= 0.6 is 0 Å². The molecule has 2 heterocycles. The highest BCUT2D eigenvalue weighted by atomic mass is 16.4. The number of pyridine rings is 1. The van der Waals surface area contributed by atoms with Crippen molar-refractivity contribution in [2.75, 3.05) is 0 Å². The third-order valence-corrected chi connectivity index (χ3v) is 3.27. The molecule has 1 atom stereocenters. The van der Waals surface area contributed by atoms with Crippen LogP contribution in [0.1, 0.15) is 28.7 Å². The number of hydrogen-bond donors (Lipinski definition) is 2. The van der Waals surface area contributed by atoms with Crippen molar-refractivity contribution in [2.24, 2.45) is 0 Å². The molecular formula is C15H17N3O3. The monoisotopic (exact) mass is 287 g/mol. The fourth-order valence-electron chi connectivity index (χ4n) is 2.17. The van der Waals surface area contributed by atoms with E-state index >= 15 is 0 Å². The number of amides is 1. The fourth-order valence-corrected chi connectivity index (χ4v) is 2.17. The van der Waals surface area contributed by atoms with Gasteiger partial charge >= 0.3 is 5.97 Å². The number of carbonyl (C=O) groups is 2. The van der Waals surface area contributed by atoms with Gasteiger partial charge in [0, 0.05) is 17.6 Å². The first kappa shape index (κ1) is 14.8. The van der Waals surface area contributed by atoms with Gasteiger partial charge in [0.25, 0.3) is 5.91 Å². The smallest absolute Gasteiger partial charge is 0.325 e. The molecule has 2 rings (SSSR count). The first-order chi connectivity index (χ1) is 9.91. The highest BCUT2D eigenvalue weighted by molar-refractivity contribution is 5.97. The van der Waals surface area contributed by atoms with E-state index in [-0.39, 0.29) is 0 Å². The molecule has 0 aliphatic carbocycles. The van der Waals surface area contributed by atoms with Crippen molar-refractivity contribution in [2.45, 2.75) is 26.8 Å². The molecule has 0 aliphatic heterocycles. The van der Waals surface area contributed by atoms with Gasteiger partial charge in [0.1, 0.15) is 11.9 Å². The Morgan fingerprint density at radius 1 is 1.33 bits per heavy atom. The molecule has 0 bridgehead atoms. The van der Waals surface area contributed by atoms with Crippen LogP contribution in [0, 0.1) is 13.8 Å². The molecule has 2 aromatic rings. The number of rotatable bonds is 4. The Morgan fingerprint density at radius 3 is 2.62 bits per heavy atom. The van der Waals surface area contributed by atoms with Crippen molar-refractivity contribution in [1.29, 1.82) is 0 Å². The Balaban J connectivity index is 2.36. The number of nitrogens with zero attached hydrogens (tertiary/aromatic N) is 2. The molecule has 0 radical (unpaired) electrons. The maximum Gasteiger partial charge on any atom is 0.325 e. The topological polar surface area (TPSA) is 84.2 Å². The van der Waals surface area contributed by atoms with E-state index in [1.807, 2.05) is 36.6 Å². The van der Waals surface area contributed by atoms with E-state index in [4.69, 9.17) is 5.11 Å². The summed E-state index contributed by atoms with van der Waals surface area (Å²) >= 11 is 0. The summed E-state index contributed by atoms with van der Waals surface area (Å²) in [5.41, 5.74) is 2.03. The third kappa shape index (κ3) is 2.94. The van der Waals surface area contributed by atoms with Crippen molar-refractivity contribution < 1.29 is 14.7 Å². The summed E-state index contributed by atoms with van der Waals surface area (Å²) in [4.78, 5) is 27.3. The predicted octanol–water partition coefficient (Wildman–Crippen LogP) is 1.69. The minimum absolute atomic E-state index is 0.403. The van der Waals surface area contributed by atoms with Gasteiger partial charge in [-0.2, -0.15) is 0 Å². The zero-order valence-corrected chi connectivity index (χ0v) is 12.1. The van der Waals surface area contributed by atoms with Crippen LogP contribution in [0.3, 0.4) is 0 Å². The first-order valence-electron chi connectivity index (χ1n) is 6.56. The zero-order chi connectivity index (χ0) is 15.6. The van der Waals surface area contributed by atoms with Crippen LogP contribution in [0.5, 0.6) is 0 Å². The molecule has 0 saturated heterocycles. The summed E-state index contributed by atoms with van der Waals surface area (Å²) in [6.45, 7) is 5.11. The van der Waals surface area contributed by atoms with Crippen LogP contribution < -0.4 is 5.32 Å². The van der Waals surface area contributed by atoms with Gasteiger partial charge in [-0.3, -0.25) is 9.59 Å². The van der Waals surface area contributed by atoms with Gasteiger partial charge in [0.2, 0.25) is 0 Å². The van der Waals surface area contributed by atoms with Crippen molar-refractivity contribution in [3.63, 3.8) is 0 Å². The molecule has 1 amide bonds. The first-order valence-corrected chi connectivity index (χ1v) is 6.56. The zero-order valence-electron chi connectivity index (χ0n) is 12.1. The number of aryl methyl sites for hydroxylation is 1. The Morgan fingerprint density at radius 2 is 2.05 bits per heavy atom. The van der Waals surface area contributed by atoms with Crippen LogP contribution in [-0.2, 0) is 4.79 Å². The van der Waals surface area contributed by atoms with Gasteiger partial charge in [-0.05, 0) is 39.0 Å². The predicted molar refractivity (Wildman–Crippen MR) is 77.6 cm³/mol. The van der Waals surface area contributed by atoms with E-state index < -0.39 is 17.9 Å². The van der Waals surface area contributed by atoms with E-state index in [0.717, 1.165) is 17.2 Å². The summed E-state index contributed by atoms with van der Waals surface area (Å²) in [6, 6.07) is 6.33. The average Bonchev–Trinajstić information content (AvgIpc) is 2.74. The van der Waals surface area contributed by atoms with Crippen molar-refractivity contribution in [3.8, 4) is 5.82 Å². The fraction of sp³-hybridized carbons (Fsp3) is 0.267. The molecule has 110 valence electrons. The highest BCUT2D eigenvalue weighted by Crippen LogP contribution is 2.19. The van der Waals surface area contributed by atoms with Gasteiger partial charge in [0.05, 0.1) is 5.56 Å². The van der Waals surface area contributed by atoms with Crippen LogP contribution in [0.25, 0.3) is 5.82 Å². The van der Waals surface area contributed by atoms with Gasteiger partial charge in [-0.15, -0.1) is 0 Å². The summed E-state index contributed by atoms with van der Waals surface area (Å²) in [6.07, 6.45) is 1.68. The minimum Gasteiger partial charge on any atom is -0.480 e. The van der Waals surface area contributed by atoms with Crippen LogP contribution in [0.4, 0.5) is 0 Å². The summed E-state index contributed by atoms with van der Waals surface area (Å²) in [7, 11) is 0. The Hall–Kier alpha value is -2.63. The molecule has 0 unspecified atom stereocenters. The summed E-state index contributed by atoms with van der Waals surface area (Å²) in [5.74, 6) is -0.750. The second-order valence-electron chi connectivity index (χ2n) is 4.84. The summed E-state index contributed by atoms with van der Waals surface area (Å²) < 4.78 is 1.86. The second kappa shape index (κ2) is 5.78. The molecule has 2 aromatic heterocycles. The number of carbonyl (C=O) groups excluding carboxylic acids is 1. The lowest BCUT2D eigenvalue weighted by Crippen LogP contribution is -2.38. The van der Waals surface area contributed by atoms with Crippen molar-refractivity contribution >= 4 is 11.9 Å². The van der Waals surface area contributed by atoms with E-state index in [1.54, 1.807) is 12.3 Å². The lowest BCUT2D eigenvalue weighted by molar-refractivity contribution is -0.138. The number of hydrogen-bond acceptors (Lipinski definition) is 3. The van der Waals surface area contributed by atoms with E-state index in [9.17, 15) is 9.59 Å². The van der Waals surface area contributed by atoms with Crippen molar-refractivity contribution in [3.05, 3.63) is 47.4 Å². The molecule has 0 aliphatic rings. The normalized spacial score (nSPS) is 12.0. The van der Waals surface area contributed by atoms with Crippen molar-refractivity contribution in [1.82, 2.24) is 14.9 Å². The van der Waals surface area contributed by atoms with Gasteiger partial charge in [-0.25, -0.2) is 4.98 Å². The molecule has 21 heavy (non-hydrogen) atoms.